The van der Waals surface area contributed by atoms with Crippen LogP contribution < -0.4 is 11.1 Å². The first kappa shape index (κ1) is 13.9. The maximum Gasteiger partial charge on any atom is 0.271 e. The van der Waals surface area contributed by atoms with Crippen LogP contribution in [-0.4, -0.2) is 33.9 Å². The molecule has 1 aromatic heterocycles. The molecule has 6 heteroatoms. The summed E-state index contributed by atoms with van der Waals surface area (Å²) in [5.41, 5.74) is 6.61. The molecule has 2 rings (SSSR count). The van der Waals surface area contributed by atoms with E-state index >= 15 is 0 Å². The van der Waals surface area contributed by atoms with E-state index in [1.54, 1.807) is 4.68 Å². The summed E-state index contributed by atoms with van der Waals surface area (Å²) in [6, 6.07) is 0. The molecule has 0 aromatic carbocycles. The number of rotatable bonds is 5. The Morgan fingerprint density at radius 3 is 3.00 bits per heavy atom. The van der Waals surface area contributed by atoms with Gasteiger partial charge in [-0.1, -0.05) is 6.42 Å². The summed E-state index contributed by atoms with van der Waals surface area (Å²) in [5, 5.41) is 16.2. The highest BCUT2D eigenvalue weighted by Gasteiger charge is 2.27. The number of aliphatic hydroxyl groups is 1. The van der Waals surface area contributed by atoms with E-state index in [0.29, 0.717) is 36.3 Å². The van der Waals surface area contributed by atoms with Crippen LogP contribution in [-0.2, 0) is 6.54 Å². The van der Waals surface area contributed by atoms with E-state index in [1.807, 2.05) is 6.92 Å². The predicted molar refractivity (Wildman–Crippen MR) is 72.6 cm³/mol. The fraction of sp³-hybridized carbons (Fsp3) is 0.692. The molecule has 1 aliphatic carbocycles. The second-order valence-electron chi connectivity index (χ2n) is 5.11. The minimum atomic E-state index is -0.180. The Labute approximate surface area is 113 Å². The zero-order chi connectivity index (χ0) is 13.8. The molecule has 106 valence electrons. The van der Waals surface area contributed by atoms with Crippen molar-refractivity contribution in [3.05, 3.63) is 11.9 Å². The molecule has 0 spiro atoms. The fourth-order valence-corrected chi connectivity index (χ4v) is 2.82. The Balaban J connectivity index is 1.96. The van der Waals surface area contributed by atoms with E-state index in [9.17, 15) is 9.90 Å². The minimum Gasteiger partial charge on any atom is -0.396 e. The zero-order valence-electron chi connectivity index (χ0n) is 11.3. The van der Waals surface area contributed by atoms with Gasteiger partial charge < -0.3 is 16.2 Å². The van der Waals surface area contributed by atoms with E-state index in [4.69, 9.17) is 5.73 Å². The topological polar surface area (TPSA) is 93.2 Å². The lowest BCUT2D eigenvalue weighted by Crippen LogP contribution is -2.33. The van der Waals surface area contributed by atoms with Gasteiger partial charge in [0.2, 0.25) is 0 Å². The maximum atomic E-state index is 12.1. The van der Waals surface area contributed by atoms with Crippen LogP contribution in [0, 0.1) is 11.8 Å². The quantitative estimate of drug-likeness (QED) is 0.728. The molecular weight excluding hydrogens is 244 g/mol. The minimum absolute atomic E-state index is 0.180. The van der Waals surface area contributed by atoms with Gasteiger partial charge in [-0.2, -0.15) is 5.10 Å². The monoisotopic (exact) mass is 266 g/mol. The Kier molecular flexibility index (Phi) is 4.42. The average Bonchev–Trinajstić information content (AvgIpc) is 3.01. The van der Waals surface area contributed by atoms with Gasteiger partial charge >= 0.3 is 0 Å². The Bertz CT molecular complexity index is 444. The van der Waals surface area contributed by atoms with E-state index < -0.39 is 0 Å². The second kappa shape index (κ2) is 6.06. The van der Waals surface area contributed by atoms with Crippen LogP contribution in [0.3, 0.4) is 0 Å². The number of aryl methyl sites for hydroxylation is 1. The summed E-state index contributed by atoms with van der Waals surface area (Å²) in [7, 11) is 0. The molecule has 0 aliphatic heterocycles. The number of hydrogen-bond donors (Lipinski definition) is 3. The van der Waals surface area contributed by atoms with Crippen molar-refractivity contribution in [1.82, 2.24) is 15.1 Å². The molecule has 1 amide bonds. The lowest BCUT2D eigenvalue weighted by molar-refractivity contribution is 0.0928. The number of anilines is 1. The molecule has 19 heavy (non-hydrogen) atoms. The van der Waals surface area contributed by atoms with E-state index in [2.05, 4.69) is 10.4 Å². The highest BCUT2D eigenvalue weighted by atomic mass is 16.3. The Hall–Kier alpha value is -1.56. The smallest absolute Gasteiger partial charge is 0.271 e. The number of nitrogens with two attached hydrogens (primary N) is 1. The maximum absolute atomic E-state index is 12.1. The van der Waals surface area contributed by atoms with Crippen molar-refractivity contribution < 1.29 is 9.90 Å². The van der Waals surface area contributed by atoms with E-state index in [1.165, 1.54) is 6.20 Å². The molecule has 1 saturated carbocycles. The third-order valence-corrected chi connectivity index (χ3v) is 3.96. The first-order valence-corrected chi connectivity index (χ1v) is 6.87. The number of nitrogens with zero attached hydrogens (tertiary/aromatic N) is 2. The summed E-state index contributed by atoms with van der Waals surface area (Å²) in [6.07, 6.45) is 4.74. The van der Waals surface area contributed by atoms with Gasteiger partial charge in [-0.3, -0.25) is 9.48 Å². The molecule has 0 radical (unpaired) electrons. The number of aliphatic hydroxyl groups excluding tert-OH is 1. The van der Waals surface area contributed by atoms with Gasteiger partial charge in [-0.15, -0.1) is 0 Å². The Morgan fingerprint density at radius 1 is 1.58 bits per heavy atom. The van der Waals surface area contributed by atoms with E-state index in [-0.39, 0.29) is 12.5 Å². The van der Waals surface area contributed by atoms with Gasteiger partial charge in [0, 0.05) is 19.7 Å². The molecular formula is C13H22N4O2. The zero-order valence-corrected chi connectivity index (χ0v) is 11.3. The third kappa shape index (κ3) is 2.89. The molecule has 2 unspecified atom stereocenters. The number of hydrogen-bond acceptors (Lipinski definition) is 4. The van der Waals surface area contributed by atoms with Crippen molar-refractivity contribution in [2.24, 2.45) is 11.8 Å². The van der Waals surface area contributed by atoms with Crippen LogP contribution in [0.1, 0.15) is 36.7 Å². The van der Waals surface area contributed by atoms with Gasteiger partial charge in [0.1, 0.15) is 5.69 Å². The highest BCUT2D eigenvalue weighted by molar-refractivity contribution is 5.97. The standard InChI is InChI=1S/C13H22N4O2/c1-2-17-12(11(14)7-16-17)13(19)15-6-9-4-3-5-10(9)8-18/h7,9-10,18H,2-6,8,14H2,1H3,(H,15,19). The first-order valence-electron chi connectivity index (χ1n) is 6.87. The van der Waals surface area contributed by atoms with Crippen LogP contribution >= 0.6 is 0 Å². The summed E-state index contributed by atoms with van der Waals surface area (Å²) in [4.78, 5) is 12.1. The normalized spacial score (nSPS) is 22.6. The number of carbonyl (C=O) groups excluding carboxylic acids is 1. The average molecular weight is 266 g/mol. The van der Waals surface area contributed by atoms with Crippen molar-refractivity contribution >= 4 is 11.6 Å². The number of nitrogen functional groups attached to an aromatic ring is 1. The van der Waals surface area contributed by atoms with Gasteiger partial charge in [0.25, 0.3) is 5.91 Å². The largest absolute Gasteiger partial charge is 0.396 e. The molecule has 0 saturated heterocycles. The summed E-state index contributed by atoms with van der Waals surface area (Å²) in [6.45, 7) is 3.33. The first-order chi connectivity index (χ1) is 9.17. The summed E-state index contributed by atoms with van der Waals surface area (Å²) < 4.78 is 1.60. The van der Waals surface area contributed by atoms with Gasteiger partial charge in [-0.05, 0) is 31.6 Å². The second-order valence-corrected chi connectivity index (χ2v) is 5.11. The number of nitrogens with one attached hydrogen (secondary N) is 1. The van der Waals surface area contributed by atoms with Crippen molar-refractivity contribution in [1.29, 1.82) is 0 Å². The van der Waals surface area contributed by atoms with Crippen molar-refractivity contribution in [2.45, 2.75) is 32.7 Å². The van der Waals surface area contributed by atoms with E-state index in [0.717, 1.165) is 19.3 Å². The number of carbonyl (C=O) groups is 1. The Morgan fingerprint density at radius 2 is 2.32 bits per heavy atom. The SMILES string of the molecule is CCn1ncc(N)c1C(=O)NCC1CCCC1CO. The van der Waals surface area contributed by atoms with Crippen LogP contribution in [0.15, 0.2) is 6.20 Å². The molecule has 1 heterocycles. The van der Waals surface area contributed by atoms with Gasteiger partial charge in [0.15, 0.2) is 0 Å². The molecule has 2 atom stereocenters. The van der Waals surface area contributed by atoms with Crippen LogP contribution in [0.2, 0.25) is 0 Å². The lowest BCUT2D eigenvalue weighted by atomic mass is 9.97. The predicted octanol–water partition coefficient (Wildman–Crippen LogP) is 0.624. The lowest BCUT2D eigenvalue weighted by Gasteiger charge is -2.18. The third-order valence-electron chi connectivity index (χ3n) is 3.96. The molecule has 0 bridgehead atoms. The molecule has 6 nitrogen and oxygen atoms in total. The molecule has 1 fully saturated rings. The van der Waals surface area contributed by atoms with Crippen LogP contribution in [0.25, 0.3) is 0 Å². The van der Waals surface area contributed by atoms with Crippen molar-refractivity contribution in [3.63, 3.8) is 0 Å². The van der Waals surface area contributed by atoms with Gasteiger partial charge in [-0.25, -0.2) is 0 Å². The fourth-order valence-electron chi connectivity index (χ4n) is 2.82. The summed E-state index contributed by atoms with van der Waals surface area (Å²) >= 11 is 0. The molecule has 1 aliphatic rings. The van der Waals surface area contributed by atoms with Crippen LogP contribution in [0.4, 0.5) is 5.69 Å². The highest BCUT2D eigenvalue weighted by Crippen LogP contribution is 2.30. The number of amides is 1. The van der Waals surface area contributed by atoms with Crippen molar-refractivity contribution in [3.8, 4) is 0 Å². The van der Waals surface area contributed by atoms with Crippen molar-refractivity contribution in [2.75, 3.05) is 18.9 Å². The van der Waals surface area contributed by atoms with Gasteiger partial charge in [0.05, 0.1) is 11.9 Å². The van der Waals surface area contributed by atoms with Crippen LogP contribution in [0.5, 0.6) is 0 Å². The number of aromatic nitrogens is 2. The molecule has 4 N–H and O–H groups in total. The molecule has 1 aromatic rings. The summed E-state index contributed by atoms with van der Waals surface area (Å²) in [5.74, 6) is 0.502.